The first kappa shape index (κ1) is 8.99. The van der Waals surface area contributed by atoms with Gasteiger partial charge in [0.15, 0.2) is 11.5 Å². The van der Waals surface area contributed by atoms with Gasteiger partial charge >= 0.3 is 0 Å². The summed E-state index contributed by atoms with van der Waals surface area (Å²) >= 11 is 0. The molecule has 4 heteroatoms. The first-order valence-electron chi connectivity index (χ1n) is 4.71. The largest absolute Gasteiger partial charge is 0.382 e. The van der Waals surface area contributed by atoms with E-state index in [4.69, 9.17) is 5.73 Å². The summed E-state index contributed by atoms with van der Waals surface area (Å²) < 4.78 is 1.73. The highest BCUT2D eigenvalue weighted by Gasteiger charge is 2.14. The van der Waals surface area contributed by atoms with Crippen molar-refractivity contribution in [1.29, 1.82) is 0 Å². The maximum atomic E-state index is 5.83. The third kappa shape index (κ3) is 1.23. The molecule has 0 aliphatic rings. The molecule has 74 valence electrons. The molecule has 0 fully saturated rings. The highest BCUT2D eigenvalue weighted by Crippen LogP contribution is 2.24. The summed E-state index contributed by atoms with van der Waals surface area (Å²) in [6.07, 6.45) is 1.89. The van der Waals surface area contributed by atoms with Gasteiger partial charge in [-0.2, -0.15) is 0 Å². The monoisotopic (exact) mass is 190 g/mol. The minimum atomic E-state index is 0.349. The van der Waals surface area contributed by atoms with Gasteiger partial charge in [-0.05, 0) is 18.9 Å². The average Bonchev–Trinajstić information content (AvgIpc) is 2.40. The van der Waals surface area contributed by atoms with Crippen molar-refractivity contribution in [3.05, 3.63) is 23.5 Å². The van der Waals surface area contributed by atoms with Crippen LogP contribution in [0.4, 0.5) is 5.82 Å². The smallest absolute Gasteiger partial charge is 0.160 e. The summed E-state index contributed by atoms with van der Waals surface area (Å²) in [5.74, 6) is 0.930. The number of hydrogen-bond acceptors (Lipinski definition) is 3. The fourth-order valence-corrected chi connectivity index (χ4v) is 1.61. The molecule has 0 aliphatic heterocycles. The van der Waals surface area contributed by atoms with Crippen LogP contribution in [0, 0.1) is 6.92 Å². The number of fused-ring (bicyclic) bond motifs is 1. The van der Waals surface area contributed by atoms with Gasteiger partial charge in [-0.15, -0.1) is 5.10 Å². The molecule has 2 rings (SSSR count). The Labute approximate surface area is 82.8 Å². The Morgan fingerprint density at radius 3 is 2.79 bits per heavy atom. The molecule has 0 atom stereocenters. The van der Waals surface area contributed by atoms with Gasteiger partial charge in [0.05, 0.1) is 0 Å². The topological polar surface area (TPSA) is 56.2 Å². The fourth-order valence-electron chi connectivity index (χ4n) is 1.61. The normalized spacial score (nSPS) is 11.4. The minimum absolute atomic E-state index is 0.349. The lowest BCUT2D eigenvalue weighted by molar-refractivity contribution is 0.872. The van der Waals surface area contributed by atoms with Crippen LogP contribution in [0.1, 0.15) is 31.0 Å². The molecule has 2 aromatic rings. The summed E-state index contributed by atoms with van der Waals surface area (Å²) in [4.78, 5) is 4.44. The zero-order chi connectivity index (χ0) is 10.3. The minimum Gasteiger partial charge on any atom is -0.382 e. The van der Waals surface area contributed by atoms with Crippen molar-refractivity contribution in [2.75, 3.05) is 5.73 Å². The van der Waals surface area contributed by atoms with Crippen LogP contribution in [-0.4, -0.2) is 14.6 Å². The number of hydrogen-bond donors (Lipinski definition) is 1. The second kappa shape index (κ2) is 2.97. The van der Waals surface area contributed by atoms with Gasteiger partial charge in [0.1, 0.15) is 0 Å². The molecule has 0 spiro atoms. The Hall–Kier alpha value is -1.58. The fraction of sp³-hybridized carbons (Fsp3) is 0.400. The number of aryl methyl sites for hydroxylation is 1. The van der Waals surface area contributed by atoms with Crippen LogP contribution in [0.2, 0.25) is 0 Å². The van der Waals surface area contributed by atoms with E-state index in [1.54, 1.807) is 4.52 Å². The summed E-state index contributed by atoms with van der Waals surface area (Å²) in [5.41, 5.74) is 8.73. The summed E-state index contributed by atoms with van der Waals surface area (Å²) in [7, 11) is 0. The van der Waals surface area contributed by atoms with Crippen LogP contribution in [0.5, 0.6) is 0 Å². The maximum absolute atomic E-state index is 5.83. The standard InChI is InChI=1S/C10H14N4/c1-6(2)8-9(11)13-14-5-4-7(3)12-10(8)14/h4-6H,1-3H3,(H2,11,13). The lowest BCUT2D eigenvalue weighted by Crippen LogP contribution is -1.95. The Morgan fingerprint density at radius 1 is 1.43 bits per heavy atom. The molecule has 0 amide bonds. The Balaban J connectivity index is 2.79. The summed E-state index contributed by atoms with van der Waals surface area (Å²) in [6, 6.07) is 1.92. The van der Waals surface area contributed by atoms with E-state index in [2.05, 4.69) is 23.9 Å². The van der Waals surface area contributed by atoms with Crippen molar-refractivity contribution in [3.8, 4) is 0 Å². The zero-order valence-electron chi connectivity index (χ0n) is 8.65. The molecule has 0 saturated carbocycles. The number of anilines is 1. The number of nitrogen functional groups attached to an aromatic ring is 1. The van der Waals surface area contributed by atoms with Gasteiger partial charge in [0.25, 0.3) is 0 Å². The molecule has 2 N–H and O–H groups in total. The Bertz CT molecular complexity index is 470. The lowest BCUT2D eigenvalue weighted by atomic mass is 10.1. The molecular weight excluding hydrogens is 176 g/mol. The quantitative estimate of drug-likeness (QED) is 0.745. The molecule has 0 aromatic carbocycles. The molecule has 0 aliphatic carbocycles. The number of nitrogens with zero attached hydrogens (tertiary/aromatic N) is 3. The summed E-state index contributed by atoms with van der Waals surface area (Å²) in [5, 5.41) is 4.21. The van der Waals surface area contributed by atoms with Gasteiger partial charge in [0.2, 0.25) is 0 Å². The molecule has 0 radical (unpaired) electrons. The van der Waals surface area contributed by atoms with E-state index in [1.165, 1.54) is 0 Å². The van der Waals surface area contributed by atoms with E-state index in [0.717, 1.165) is 16.9 Å². The first-order valence-corrected chi connectivity index (χ1v) is 4.71. The van der Waals surface area contributed by atoms with E-state index >= 15 is 0 Å². The van der Waals surface area contributed by atoms with Crippen molar-refractivity contribution in [2.24, 2.45) is 0 Å². The van der Waals surface area contributed by atoms with Gasteiger partial charge in [-0.3, -0.25) is 0 Å². The van der Waals surface area contributed by atoms with E-state index in [1.807, 2.05) is 19.2 Å². The number of aromatic nitrogens is 3. The van der Waals surface area contributed by atoms with Crippen molar-refractivity contribution in [3.63, 3.8) is 0 Å². The van der Waals surface area contributed by atoms with Crippen LogP contribution >= 0.6 is 0 Å². The second-order valence-electron chi connectivity index (χ2n) is 3.79. The van der Waals surface area contributed by atoms with Crippen LogP contribution in [0.3, 0.4) is 0 Å². The second-order valence-corrected chi connectivity index (χ2v) is 3.79. The van der Waals surface area contributed by atoms with Crippen LogP contribution in [-0.2, 0) is 0 Å². The molecule has 2 aromatic heterocycles. The van der Waals surface area contributed by atoms with Crippen molar-refractivity contribution < 1.29 is 0 Å². The Kier molecular flexibility index (Phi) is 1.91. The van der Waals surface area contributed by atoms with E-state index in [-0.39, 0.29) is 0 Å². The van der Waals surface area contributed by atoms with Gasteiger partial charge in [0, 0.05) is 17.5 Å². The van der Waals surface area contributed by atoms with Crippen molar-refractivity contribution in [1.82, 2.24) is 14.6 Å². The third-order valence-corrected chi connectivity index (χ3v) is 2.27. The molecule has 14 heavy (non-hydrogen) atoms. The van der Waals surface area contributed by atoms with Gasteiger partial charge in [-0.1, -0.05) is 13.8 Å². The maximum Gasteiger partial charge on any atom is 0.160 e. The highest BCUT2D eigenvalue weighted by atomic mass is 15.3. The van der Waals surface area contributed by atoms with Crippen molar-refractivity contribution >= 4 is 11.5 Å². The van der Waals surface area contributed by atoms with Crippen molar-refractivity contribution in [2.45, 2.75) is 26.7 Å². The highest BCUT2D eigenvalue weighted by molar-refractivity contribution is 5.60. The molecule has 0 bridgehead atoms. The molecule has 2 heterocycles. The van der Waals surface area contributed by atoms with Crippen LogP contribution < -0.4 is 5.73 Å². The number of rotatable bonds is 1. The molecule has 4 nitrogen and oxygen atoms in total. The summed E-state index contributed by atoms with van der Waals surface area (Å²) in [6.45, 7) is 6.15. The zero-order valence-corrected chi connectivity index (χ0v) is 8.65. The first-order chi connectivity index (χ1) is 6.59. The van der Waals surface area contributed by atoms with Gasteiger partial charge in [-0.25, -0.2) is 9.50 Å². The van der Waals surface area contributed by atoms with E-state index in [0.29, 0.717) is 11.7 Å². The van der Waals surface area contributed by atoms with Crippen LogP contribution in [0.25, 0.3) is 5.65 Å². The third-order valence-electron chi connectivity index (χ3n) is 2.27. The predicted octanol–water partition coefficient (Wildman–Crippen LogP) is 1.74. The molecule has 0 unspecified atom stereocenters. The predicted molar refractivity (Wildman–Crippen MR) is 56.2 cm³/mol. The number of nitrogens with two attached hydrogens (primary N) is 1. The SMILES string of the molecule is Cc1ccn2nc(N)c(C(C)C)c2n1. The van der Waals surface area contributed by atoms with E-state index in [9.17, 15) is 0 Å². The van der Waals surface area contributed by atoms with E-state index < -0.39 is 0 Å². The Morgan fingerprint density at radius 2 is 2.14 bits per heavy atom. The van der Waals surface area contributed by atoms with Crippen LogP contribution in [0.15, 0.2) is 12.3 Å². The molecule has 0 saturated heterocycles. The average molecular weight is 190 g/mol. The lowest BCUT2D eigenvalue weighted by Gasteiger charge is -2.02. The molecular formula is C10H14N4. The van der Waals surface area contributed by atoms with Gasteiger partial charge < -0.3 is 5.73 Å².